The van der Waals surface area contributed by atoms with E-state index in [2.05, 4.69) is 75.3 Å². The van der Waals surface area contributed by atoms with Gasteiger partial charge in [-0.1, -0.05) is 29.8 Å². The Bertz CT molecular complexity index is 1420. The molecule has 3 aromatic rings. The van der Waals surface area contributed by atoms with Crippen LogP contribution in [-0.2, 0) is 27.2 Å². The second-order valence-corrected chi connectivity index (χ2v) is 14.5. The minimum absolute atomic E-state index is 0.102. The van der Waals surface area contributed by atoms with Crippen molar-refractivity contribution in [1.29, 1.82) is 0 Å². The van der Waals surface area contributed by atoms with Crippen molar-refractivity contribution in [3.05, 3.63) is 46.2 Å². The molecule has 1 aromatic carbocycles. The normalized spacial score (nSPS) is 19.6. The van der Waals surface area contributed by atoms with Gasteiger partial charge in [-0.2, -0.15) is 0 Å². The van der Waals surface area contributed by atoms with Crippen LogP contribution in [0.25, 0.3) is 22.2 Å². The Morgan fingerprint density at radius 3 is 2.52 bits per heavy atom. The van der Waals surface area contributed by atoms with E-state index in [0.29, 0.717) is 6.61 Å². The fourth-order valence-corrected chi connectivity index (χ4v) is 7.21. The molecule has 1 aliphatic carbocycles. The zero-order valence-electron chi connectivity index (χ0n) is 26.9. The predicted molar refractivity (Wildman–Crippen MR) is 179 cm³/mol. The molecule has 240 valence electrons. The summed E-state index contributed by atoms with van der Waals surface area (Å²) in [5, 5.41) is 11.6. The Labute approximate surface area is 270 Å². The Morgan fingerprint density at radius 1 is 1.09 bits per heavy atom. The van der Waals surface area contributed by atoms with Crippen molar-refractivity contribution in [3.63, 3.8) is 0 Å². The summed E-state index contributed by atoms with van der Waals surface area (Å²) in [5.74, 6) is 0. The lowest BCUT2D eigenvalue weighted by atomic mass is 9.84. The Balaban J connectivity index is 1.46. The van der Waals surface area contributed by atoms with Crippen molar-refractivity contribution in [2.24, 2.45) is 5.41 Å². The molecule has 44 heavy (non-hydrogen) atoms. The smallest absolute Gasteiger partial charge is 0.0969 e. The van der Waals surface area contributed by atoms with Crippen molar-refractivity contribution in [3.8, 4) is 11.3 Å². The highest BCUT2D eigenvalue weighted by molar-refractivity contribution is 9.10. The molecular weight excluding hydrogens is 620 g/mol. The van der Waals surface area contributed by atoms with Gasteiger partial charge in [-0.3, -0.25) is 9.88 Å². The molecule has 8 nitrogen and oxygen atoms in total. The maximum absolute atomic E-state index is 10.4. The predicted octanol–water partition coefficient (Wildman–Crippen LogP) is 6.21. The van der Waals surface area contributed by atoms with Gasteiger partial charge in [0, 0.05) is 86.6 Å². The van der Waals surface area contributed by atoms with E-state index in [1.807, 2.05) is 6.20 Å². The van der Waals surface area contributed by atoms with Gasteiger partial charge >= 0.3 is 0 Å². The van der Waals surface area contributed by atoms with Gasteiger partial charge in [-0.25, -0.2) is 0 Å². The molecular formula is C35H49BrN4O4. The number of piperazine rings is 1. The average Bonchev–Trinajstić information content (AvgIpc) is 3.86. The summed E-state index contributed by atoms with van der Waals surface area (Å²) in [5.41, 5.74) is 6.45. The number of aliphatic hydroxyl groups excluding tert-OH is 1. The third-order valence-corrected chi connectivity index (χ3v) is 10.2. The van der Waals surface area contributed by atoms with Gasteiger partial charge in [0.25, 0.3) is 0 Å². The number of benzene rings is 1. The third-order valence-electron chi connectivity index (χ3n) is 9.69. The van der Waals surface area contributed by atoms with Crippen molar-refractivity contribution in [2.45, 2.75) is 77.7 Å². The molecule has 1 N–H and O–H groups in total. The monoisotopic (exact) mass is 668 g/mol. The zero-order chi connectivity index (χ0) is 30.8. The highest BCUT2D eigenvalue weighted by Crippen LogP contribution is 2.42. The molecule has 2 saturated heterocycles. The van der Waals surface area contributed by atoms with Crippen molar-refractivity contribution in [2.75, 3.05) is 64.6 Å². The Kier molecular flexibility index (Phi) is 10.0. The topological polar surface area (TPSA) is 72.2 Å². The molecule has 0 radical (unpaired) electrons. The lowest BCUT2D eigenvalue weighted by Gasteiger charge is -2.36. The lowest BCUT2D eigenvalue weighted by molar-refractivity contribution is -0.0336. The number of fused-ring (bicyclic) bond motifs is 1. The number of hydrogen-bond acceptors (Lipinski definition) is 7. The van der Waals surface area contributed by atoms with E-state index in [1.165, 1.54) is 29.3 Å². The second kappa shape index (κ2) is 13.8. The van der Waals surface area contributed by atoms with E-state index in [1.54, 1.807) is 7.11 Å². The van der Waals surface area contributed by atoms with Crippen LogP contribution in [0.2, 0.25) is 0 Å². The highest BCUT2D eigenvalue weighted by Gasteiger charge is 2.32. The van der Waals surface area contributed by atoms with Crippen LogP contribution in [0.15, 0.2) is 34.9 Å². The first-order valence-electron chi connectivity index (χ1n) is 16.4. The zero-order valence-corrected chi connectivity index (χ0v) is 28.4. The summed E-state index contributed by atoms with van der Waals surface area (Å²) in [6.45, 7) is 13.5. The summed E-state index contributed by atoms with van der Waals surface area (Å²) in [4.78, 5) is 10.3. The van der Waals surface area contributed by atoms with Crippen LogP contribution in [0, 0.1) is 5.41 Å². The van der Waals surface area contributed by atoms with Crippen LogP contribution in [0.4, 0.5) is 5.69 Å². The summed E-state index contributed by atoms with van der Waals surface area (Å²) >= 11 is 3.75. The van der Waals surface area contributed by atoms with E-state index in [4.69, 9.17) is 19.2 Å². The number of pyridine rings is 1. The van der Waals surface area contributed by atoms with Crippen molar-refractivity contribution in [1.82, 2.24) is 14.5 Å². The molecule has 3 aliphatic rings. The molecule has 0 spiro atoms. The number of rotatable bonds is 12. The molecule has 2 aromatic heterocycles. The number of ether oxygens (including phenoxy) is 3. The fraction of sp³-hybridized carbons (Fsp3) is 0.629. The first-order chi connectivity index (χ1) is 21.3. The van der Waals surface area contributed by atoms with Crippen LogP contribution >= 0.6 is 15.9 Å². The van der Waals surface area contributed by atoms with Crippen molar-refractivity contribution >= 4 is 32.5 Å². The molecule has 0 unspecified atom stereocenters. The number of hydrogen-bond donors (Lipinski definition) is 1. The first-order valence-corrected chi connectivity index (χ1v) is 17.2. The van der Waals surface area contributed by atoms with E-state index >= 15 is 0 Å². The molecule has 2 aliphatic heterocycles. The standard InChI is InChI=1S/C35H49BrN4O4/c1-24(42-4)33-30(20-27(22-37-33)39-13-11-38(12-14-39)26-6-7-26)34-31(21-35(2,3)23-41)29-19-25(36)5-8-32(29)40(34)15-18-44-28-9-16-43-17-10-28/h5,8,19-20,22,24,26,28,41H,6-7,9-18,21,23H2,1-4H3/t24-/m0/s1. The highest BCUT2D eigenvalue weighted by atomic mass is 79.9. The summed E-state index contributed by atoms with van der Waals surface area (Å²) < 4.78 is 21.4. The molecule has 1 atom stereocenters. The number of halogens is 1. The van der Waals surface area contributed by atoms with Gasteiger partial charge in [0.05, 0.1) is 42.1 Å². The van der Waals surface area contributed by atoms with Gasteiger partial charge in [0.2, 0.25) is 0 Å². The number of anilines is 1. The summed E-state index contributed by atoms with van der Waals surface area (Å²) in [6, 6.07) is 9.70. The van der Waals surface area contributed by atoms with E-state index in [-0.39, 0.29) is 24.2 Å². The number of aromatic nitrogens is 2. The van der Waals surface area contributed by atoms with E-state index < -0.39 is 0 Å². The largest absolute Gasteiger partial charge is 0.396 e. The SMILES string of the molecule is CO[C@@H](C)c1ncc(N2CCN(C3CC3)CC2)cc1-c1c(CC(C)(C)CO)c2cc(Br)ccc2n1CCOC1CCOCC1. The van der Waals surface area contributed by atoms with Gasteiger partial charge < -0.3 is 28.8 Å². The Hall–Kier alpha value is -2.01. The van der Waals surface area contributed by atoms with Gasteiger partial charge in [0.15, 0.2) is 0 Å². The van der Waals surface area contributed by atoms with Crippen LogP contribution in [-0.4, -0.2) is 91.4 Å². The third kappa shape index (κ3) is 7.03. The number of nitrogens with zero attached hydrogens (tertiary/aromatic N) is 4. The molecule has 4 heterocycles. The van der Waals surface area contributed by atoms with Gasteiger partial charge in [-0.15, -0.1) is 0 Å². The second-order valence-electron chi connectivity index (χ2n) is 13.6. The average molecular weight is 670 g/mol. The van der Waals surface area contributed by atoms with E-state index in [9.17, 15) is 5.11 Å². The van der Waals surface area contributed by atoms with Crippen LogP contribution in [0.5, 0.6) is 0 Å². The molecule has 1 saturated carbocycles. The van der Waals surface area contributed by atoms with Gasteiger partial charge in [-0.05, 0) is 74.3 Å². The molecule has 0 amide bonds. The molecule has 6 rings (SSSR count). The minimum Gasteiger partial charge on any atom is -0.396 e. The molecule has 9 heteroatoms. The van der Waals surface area contributed by atoms with Crippen LogP contribution in [0.1, 0.15) is 63.8 Å². The maximum Gasteiger partial charge on any atom is 0.0969 e. The maximum atomic E-state index is 10.4. The minimum atomic E-state index is -0.300. The fourth-order valence-electron chi connectivity index (χ4n) is 6.85. The van der Waals surface area contributed by atoms with Crippen LogP contribution < -0.4 is 4.90 Å². The van der Waals surface area contributed by atoms with Crippen LogP contribution in [0.3, 0.4) is 0 Å². The van der Waals surface area contributed by atoms with Gasteiger partial charge in [0.1, 0.15) is 0 Å². The summed E-state index contributed by atoms with van der Waals surface area (Å²) in [7, 11) is 1.76. The Morgan fingerprint density at radius 2 is 1.84 bits per heavy atom. The van der Waals surface area contributed by atoms with E-state index in [0.717, 1.165) is 98.4 Å². The lowest BCUT2D eigenvalue weighted by Crippen LogP contribution is -2.47. The first kappa shape index (κ1) is 32.0. The molecule has 0 bridgehead atoms. The quantitative estimate of drug-likeness (QED) is 0.246. The van der Waals surface area contributed by atoms with Crippen molar-refractivity contribution < 1.29 is 19.3 Å². The molecule has 3 fully saturated rings. The number of aliphatic hydroxyl groups is 1. The number of methoxy groups -OCH3 is 1. The summed E-state index contributed by atoms with van der Waals surface area (Å²) in [6.07, 6.45) is 7.40.